The van der Waals surface area contributed by atoms with Gasteiger partial charge in [-0.05, 0) is 37.9 Å². The smallest absolute Gasteiger partial charge is 0.223 e. The molecule has 112 valence electrons. The van der Waals surface area contributed by atoms with Crippen LogP contribution in [0.25, 0.3) is 22.4 Å². The van der Waals surface area contributed by atoms with E-state index in [1.807, 2.05) is 6.07 Å². The van der Waals surface area contributed by atoms with Crippen molar-refractivity contribution in [2.45, 2.75) is 32.2 Å². The van der Waals surface area contributed by atoms with E-state index in [1.54, 1.807) is 6.20 Å². The molecule has 0 aliphatic carbocycles. The Labute approximate surface area is 131 Å². The number of imidazole rings is 1. The molecule has 0 radical (unpaired) electrons. The van der Waals surface area contributed by atoms with E-state index in [4.69, 9.17) is 11.6 Å². The van der Waals surface area contributed by atoms with Gasteiger partial charge in [0.15, 0.2) is 11.5 Å². The fraction of sp³-hybridized carbons (Fsp3) is 0.333. The molecule has 0 aromatic carbocycles. The standard InChI is InChI=1S/C15H13ClFN5/c1-15(2)4-3-11-20-13-10(22(11)15)5-8(6-18-13)12-9(17)7-19-14(16)21-12/h5-7H,3-4H2,1-2H3. The lowest BCUT2D eigenvalue weighted by Crippen LogP contribution is -2.21. The first-order valence-electron chi connectivity index (χ1n) is 7.02. The van der Waals surface area contributed by atoms with Gasteiger partial charge in [0.2, 0.25) is 5.28 Å². The molecular formula is C15H13ClFN5. The molecule has 3 aromatic heterocycles. The SMILES string of the molecule is CC1(C)CCc2nc3ncc(-c4nc(Cl)ncc4F)cc3n21. The third kappa shape index (κ3) is 1.90. The first-order valence-corrected chi connectivity index (χ1v) is 7.40. The Kier molecular flexibility index (Phi) is 2.75. The highest BCUT2D eigenvalue weighted by atomic mass is 35.5. The molecule has 0 fully saturated rings. The van der Waals surface area contributed by atoms with Crippen LogP contribution in [0.4, 0.5) is 4.39 Å². The van der Waals surface area contributed by atoms with Gasteiger partial charge in [-0.1, -0.05) is 0 Å². The molecule has 4 rings (SSSR count). The Balaban J connectivity index is 1.96. The molecular weight excluding hydrogens is 305 g/mol. The van der Waals surface area contributed by atoms with E-state index in [0.29, 0.717) is 11.2 Å². The largest absolute Gasteiger partial charge is 0.321 e. The van der Waals surface area contributed by atoms with Crippen LogP contribution in [0.5, 0.6) is 0 Å². The third-order valence-corrected chi connectivity index (χ3v) is 4.32. The number of rotatable bonds is 1. The zero-order valence-corrected chi connectivity index (χ0v) is 12.9. The number of hydrogen-bond acceptors (Lipinski definition) is 4. The van der Waals surface area contributed by atoms with Crippen molar-refractivity contribution < 1.29 is 4.39 Å². The van der Waals surface area contributed by atoms with Gasteiger partial charge >= 0.3 is 0 Å². The highest BCUT2D eigenvalue weighted by Gasteiger charge is 2.32. The van der Waals surface area contributed by atoms with Gasteiger partial charge in [0.25, 0.3) is 0 Å². The Hall–Kier alpha value is -2.08. The maximum atomic E-state index is 14.0. The van der Waals surface area contributed by atoms with Crippen LogP contribution in [0.1, 0.15) is 26.1 Å². The lowest BCUT2D eigenvalue weighted by molar-refractivity contribution is 0.386. The maximum Gasteiger partial charge on any atom is 0.223 e. The molecule has 0 spiro atoms. The van der Waals surface area contributed by atoms with Gasteiger partial charge in [-0.25, -0.2) is 24.3 Å². The number of hydrogen-bond donors (Lipinski definition) is 0. The fourth-order valence-electron chi connectivity index (χ4n) is 3.06. The molecule has 0 atom stereocenters. The van der Waals surface area contributed by atoms with Gasteiger partial charge in [-0.3, -0.25) is 0 Å². The molecule has 22 heavy (non-hydrogen) atoms. The van der Waals surface area contributed by atoms with E-state index in [-0.39, 0.29) is 16.5 Å². The topological polar surface area (TPSA) is 56.5 Å². The third-order valence-electron chi connectivity index (χ3n) is 4.14. The van der Waals surface area contributed by atoms with Crippen LogP contribution in [-0.2, 0) is 12.0 Å². The number of aryl methyl sites for hydroxylation is 1. The van der Waals surface area contributed by atoms with Gasteiger partial charge in [0, 0.05) is 23.7 Å². The Morgan fingerprint density at radius 2 is 2.05 bits per heavy atom. The summed E-state index contributed by atoms with van der Waals surface area (Å²) in [6.45, 7) is 4.33. The summed E-state index contributed by atoms with van der Waals surface area (Å²) in [7, 11) is 0. The maximum absolute atomic E-state index is 14.0. The first-order chi connectivity index (χ1) is 10.5. The second-order valence-corrected chi connectivity index (χ2v) is 6.42. The van der Waals surface area contributed by atoms with Crippen LogP contribution in [0.2, 0.25) is 5.28 Å². The Bertz CT molecular complexity index is 902. The highest BCUT2D eigenvalue weighted by molar-refractivity contribution is 6.28. The summed E-state index contributed by atoms with van der Waals surface area (Å²) in [5, 5.41) is 0.00957. The van der Waals surface area contributed by atoms with E-state index in [0.717, 1.165) is 30.4 Å². The van der Waals surface area contributed by atoms with E-state index < -0.39 is 5.82 Å². The number of fused-ring (bicyclic) bond motifs is 3. The number of pyridine rings is 1. The highest BCUT2D eigenvalue weighted by Crippen LogP contribution is 2.36. The monoisotopic (exact) mass is 317 g/mol. The van der Waals surface area contributed by atoms with Crippen molar-refractivity contribution in [3.05, 3.63) is 35.4 Å². The van der Waals surface area contributed by atoms with E-state index in [2.05, 4.69) is 38.4 Å². The molecule has 1 aliphatic heterocycles. The number of halogens is 2. The van der Waals surface area contributed by atoms with Crippen molar-refractivity contribution in [2.75, 3.05) is 0 Å². The van der Waals surface area contributed by atoms with Crippen LogP contribution in [0.3, 0.4) is 0 Å². The average molecular weight is 318 g/mol. The second-order valence-electron chi connectivity index (χ2n) is 6.08. The summed E-state index contributed by atoms with van der Waals surface area (Å²) < 4.78 is 16.2. The molecule has 1 aliphatic rings. The molecule has 0 saturated heterocycles. The summed E-state index contributed by atoms with van der Waals surface area (Å²) in [6.07, 6.45) is 4.59. The van der Waals surface area contributed by atoms with Gasteiger partial charge in [0.05, 0.1) is 11.7 Å². The summed E-state index contributed by atoms with van der Waals surface area (Å²) in [6, 6.07) is 1.87. The summed E-state index contributed by atoms with van der Waals surface area (Å²) in [5.74, 6) is 0.497. The van der Waals surface area contributed by atoms with Crippen LogP contribution < -0.4 is 0 Å². The van der Waals surface area contributed by atoms with Gasteiger partial charge < -0.3 is 4.57 Å². The molecule has 3 aromatic rings. The lowest BCUT2D eigenvalue weighted by atomic mass is 10.0. The molecule has 0 N–H and O–H groups in total. The zero-order chi connectivity index (χ0) is 15.5. The summed E-state index contributed by atoms with van der Waals surface area (Å²) in [5.41, 5.74) is 2.27. The molecule has 0 unspecified atom stereocenters. The minimum Gasteiger partial charge on any atom is -0.321 e. The minimum absolute atomic E-state index is 0.00957. The number of nitrogens with zero attached hydrogens (tertiary/aromatic N) is 5. The lowest BCUT2D eigenvalue weighted by Gasteiger charge is -2.21. The van der Waals surface area contributed by atoms with E-state index in [9.17, 15) is 4.39 Å². The van der Waals surface area contributed by atoms with E-state index >= 15 is 0 Å². The fourth-order valence-corrected chi connectivity index (χ4v) is 3.19. The van der Waals surface area contributed by atoms with Crippen LogP contribution in [0.15, 0.2) is 18.5 Å². The van der Waals surface area contributed by atoms with Gasteiger partial charge in [-0.2, -0.15) is 0 Å². The van der Waals surface area contributed by atoms with Gasteiger partial charge in [-0.15, -0.1) is 0 Å². The quantitative estimate of drug-likeness (QED) is 0.646. The normalized spacial score (nSPS) is 16.2. The number of aromatic nitrogens is 5. The van der Waals surface area contributed by atoms with Crippen LogP contribution in [0, 0.1) is 5.82 Å². The second kappa shape index (κ2) is 4.46. The molecule has 0 bridgehead atoms. The Morgan fingerprint density at radius 3 is 2.86 bits per heavy atom. The van der Waals surface area contributed by atoms with E-state index in [1.165, 1.54) is 0 Å². The predicted octanol–water partition coefficient (Wildman–Crippen LogP) is 3.36. The average Bonchev–Trinajstić information content (AvgIpc) is 2.99. The van der Waals surface area contributed by atoms with Gasteiger partial charge in [0.1, 0.15) is 11.5 Å². The molecule has 0 saturated carbocycles. The van der Waals surface area contributed by atoms with Crippen molar-refractivity contribution in [3.8, 4) is 11.3 Å². The molecule has 7 heteroatoms. The minimum atomic E-state index is -0.522. The zero-order valence-electron chi connectivity index (χ0n) is 12.1. The van der Waals surface area contributed by atoms with Crippen molar-refractivity contribution in [2.24, 2.45) is 0 Å². The molecule has 4 heterocycles. The molecule has 0 amide bonds. The van der Waals surface area contributed by atoms with Crippen molar-refractivity contribution in [1.82, 2.24) is 24.5 Å². The summed E-state index contributed by atoms with van der Waals surface area (Å²) >= 11 is 5.78. The van der Waals surface area contributed by atoms with Crippen molar-refractivity contribution >= 4 is 22.8 Å². The van der Waals surface area contributed by atoms with Crippen molar-refractivity contribution in [1.29, 1.82) is 0 Å². The molecule has 5 nitrogen and oxygen atoms in total. The summed E-state index contributed by atoms with van der Waals surface area (Å²) in [4.78, 5) is 16.5. The van der Waals surface area contributed by atoms with Crippen LogP contribution >= 0.6 is 11.6 Å². The van der Waals surface area contributed by atoms with Crippen LogP contribution in [-0.4, -0.2) is 24.5 Å². The van der Waals surface area contributed by atoms with Crippen molar-refractivity contribution in [3.63, 3.8) is 0 Å². The Morgan fingerprint density at radius 1 is 1.23 bits per heavy atom. The first kappa shape index (κ1) is 13.6. The predicted molar refractivity (Wildman–Crippen MR) is 81.2 cm³/mol.